The van der Waals surface area contributed by atoms with Gasteiger partial charge in [-0.05, 0) is 30.5 Å². The molecule has 1 unspecified atom stereocenters. The van der Waals surface area contributed by atoms with E-state index in [2.05, 4.69) is 10.3 Å². The Morgan fingerprint density at radius 1 is 1.25 bits per heavy atom. The van der Waals surface area contributed by atoms with Crippen LogP contribution in [-0.2, 0) is 6.54 Å². The zero-order valence-electron chi connectivity index (χ0n) is 14.2. The van der Waals surface area contributed by atoms with Gasteiger partial charge in [-0.15, -0.1) is 0 Å². The number of carbonyl (C=O) groups excluding carboxylic acids is 1. The number of hydrogen-bond donors (Lipinski definition) is 3. The predicted molar refractivity (Wildman–Crippen MR) is 93.6 cm³/mol. The molecule has 1 aliphatic rings. The van der Waals surface area contributed by atoms with E-state index in [1.54, 1.807) is 19.0 Å². The Balaban J connectivity index is 1.54. The lowest BCUT2D eigenvalue weighted by molar-refractivity contribution is 0.0822. The van der Waals surface area contributed by atoms with E-state index in [4.69, 9.17) is 0 Å². The summed E-state index contributed by atoms with van der Waals surface area (Å²) in [5, 5.41) is 14.1. The second-order valence-electron chi connectivity index (χ2n) is 6.88. The van der Waals surface area contributed by atoms with Crippen molar-refractivity contribution in [1.82, 2.24) is 15.2 Å². The van der Waals surface area contributed by atoms with Crippen LogP contribution in [0.25, 0.3) is 0 Å². The van der Waals surface area contributed by atoms with Gasteiger partial charge in [0.15, 0.2) is 0 Å². The van der Waals surface area contributed by atoms with E-state index in [0.29, 0.717) is 12.2 Å². The fourth-order valence-electron chi connectivity index (χ4n) is 3.05. The Bertz CT molecular complexity index is 690. The topological polar surface area (TPSA) is 68.4 Å². The summed E-state index contributed by atoms with van der Waals surface area (Å²) in [5.74, 6) is -0.0283. The molecule has 1 aromatic carbocycles. The number of nitrogens with zero attached hydrogens (tertiary/aromatic N) is 1. The number of nitrogens with one attached hydrogen (secondary N) is 2. The minimum Gasteiger partial charge on any atom is -0.388 e. The lowest BCUT2D eigenvalue weighted by Gasteiger charge is -2.23. The Hall–Kier alpha value is -2.11. The Labute approximate surface area is 142 Å². The molecule has 5 heteroatoms. The Morgan fingerprint density at radius 2 is 1.96 bits per heavy atom. The van der Waals surface area contributed by atoms with Crippen molar-refractivity contribution in [3.63, 3.8) is 0 Å². The number of aliphatic hydroxyl groups is 1. The van der Waals surface area contributed by atoms with Crippen molar-refractivity contribution in [2.45, 2.75) is 25.5 Å². The molecule has 0 bridgehead atoms. The fraction of sp³-hybridized carbons (Fsp3) is 0.421. The summed E-state index contributed by atoms with van der Waals surface area (Å²) in [5.41, 5.74) is 2.50. The summed E-state index contributed by atoms with van der Waals surface area (Å²) in [6.07, 6.45) is 1.64. The van der Waals surface area contributed by atoms with Gasteiger partial charge in [0.05, 0.1) is 6.10 Å². The highest BCUT2D eigenvalue weighted by Gasteiger charge is 2.48. The summed E-state index contributed by atoms with van der Waals surface area (Å²) in [6.45, 7) is 1.42. The van der Waals surface area contributed by atoms with Gasteiger partial charge >= 0.3 is 0 Å². The number of aromatic amines is 1. The molecular weight excluding hydrogens is 302 g/mol. The third-order valence-corrected chi connectivity index (χ3v) is 4.76. The van der Waals surface area contributed by atoms with E-state index in [1.807, 2.05) is 42.5 Å². The third-order valence-electron chi connectivity index (χ3n) is 4.76. The maximum Gasteiger partial charge on any atom is 0.269 e. The minimum absolute atomic E-state index is 0.0283. The molecule has 5 nitrogen and oxygen atoms in total. The van der Waals surface area contributed by atoms with Crippen LogP contribution >= 0.6 is 0 Å². The van der Waals surface area contributed by atoms with Gasteiger partial charge in [-0.2, -0.15) is 0 Å². The molecule has 1 fully saturated rings. The van der Waals surface area contributed by atoms with Crippen LogP contribution in [0.2, 0.25) is 0 Å². The predicted octanol–water partition coefficient (Wildman–Crippen LogP) is 2.32. The second kappa shape index (κ2) is 6.79. The smallest absolute Gasteiger partial charge is 0.269 e. The van der Waals surface area contributed by atoms with Crippen molar-refractivity contribution in [3.05, 3.63) is 59.4 Å². The summed E-state index contributed by atoms with van der Waals surface area (Å²) >= 11 is 0. The van der Waals surface area contributed by atoms with Crippen LogP contribution in [0.3, 0.4) is 0 Å². The molecule has 0 spiro atoms. The first kappa shape index (κ1) is 16.7. The lowest BCUT2D eigenvalue weighted by Crippen LogP contribution is -2.28. The van der Waals surface area contributed by atoms with E-state index in [-0.39, 0.29) is 11.3 Å². The van der Waals surface area contributed by atoms with Crippen LogP contribution in [0.15, 0.2) is 42.5 Å². The first-order chi connectivity index (χ1) is 11.5. The number of aromatic nitrogens is 1. The molecule has 1 heterocycles. The molecule has 0 saturated heterocycles. The molecule has 1 aromatic heterocycles. The molecular formula is C19H25N3O2. The Kier molecular flexibility index (Phi) is 4.73. The van der Waals surface area contributed by atoms with Crippen LogP contribution in [-0.4, -0.2) is 41.5 Å². The minimum atomic E-state index is -0.430. The third kappa shape index (κ3) is 3.52. The maximum atomic E-state index is 11.9. The van der Waals surface area contributed by atoms with E-state index in [1.165, 1.54) is 0 Å². The van der Waals surface area contributed by atoms with Crippen molar-refractivity contribution in [1.29, 1.82) is 0 Å². The number of amides is 1. The molecule has 1 saturated carbocycles. The average Bonchev–Trinajstić information content (AvgIpc) is 3.23. The summed E-state index contributed by atoms with van der Waals surface area (Å²) in [6, 6.07) is 13.6. The van der Waals surface area contributed by atoms with Crippen molar-refractivity contribution >= 4 is 5.91 Å². The van der Waals surface area contributed by atoms with Gasteiger partial charge in [0, 0.05) is 38.3 Å². The maximum absolute atomic E-state index is 11.9. The summed E-state index contributed by atoms with van der Waals surface area (Å²) < 4.78 is 0. The SMILES string of the molecule is CN(C)C(=O)c1ccc(CNCC2(C(O)c3ccccc3)CC2)[nH]1. The van der Waals surface area contributed by atoms with Crippen molar-refractivity contribution < 1.29 is 9.90 Å². The molecule has 2 aromatic rings. The molecule has 0 aliphatic heterocycles. The standard InChI is InChI=1S/C19H25N3O2/c1-22(2)18(24)16-9-8-15(21-16)12-20-13-19(10-11-19)17(23)14-6-4-3-5-7-14/h3-9,17,20-21,23H,10-13H2,1-2H3. The first-order valence-electron chi connectivity index (χ1n) is 8.35. The number of hydrogen-bond acceptors (Lipinski definition) is 3. The highest BCUT2D eigenvalue weighted by molar-refractivity contribution is 5.92. The normalized spacial score (nSPS) is 16.6. The van der Waals surface area contributed by atoms with Crippen LogP contribution in [0, 0.1) is 5.41 Å². The largest absolute Gasteiger partial charge is 0.388 e. The number of benzene rings is 1. The molecule has 24 heavy (non-hydrogen) atoms. The van der Waals surface area contributed by atoms with E-state index >= 15 is 0 Å². The highest BCUT2D eigenvalue weighted by atomic mass is 16.3. The molecule has 1 atom stereocenters. The number of aliphatic hydroxyl groups excluding tert-OH is 1. The zero-order valence-corrected chi connectivity index (χ0v) is 14.2. The number of H-pyrrole nitrogens is 1. The number of carbonyl (C=O) groups is 1. The fourth-order valence-corrected chi connectivity index (χ4v) is 3.05. The Morgan fingerprint density at radius 3 is 2.58 bits per heavy atom. The molecule has 3 rings (SSSR count). The molecule has 1 aliphatic carbocycles. The second-order valence-corrected chi connectivity index (χ2v) is 6.88. The van der Waals surface area contributed by atoms with E-state index < -0.39 is 6.10 Å². The van der Waals surface area contributed by atoms with Gasteiger partial charge in [-0.3, -0.25) is 4.79 Å². The number of rotatable bonds is 7. The van der Waals surface area contributed by atoms with Gasteiger partial charge in [0.25, 0.3) is 5.91 Å². The van der Waals surface area contributed by atoms with Crippen LogP contribution in [0.5, 0.6) is 0 Å². The first-order valence-corrected chi connectivity index (χ1v) is 8.35. The van der Waals surface area contributed by atoms with E-state index in [9.17, 15) is 9.90 Å². The van der Waals surface area contributed by atoms with Gasteiger partial charge in [0.1, 0.15) is 5.69 Å². The van der Waals surface area contributed by atoms with E-state index in [0.717, 1.165) is 30.6 Å². The van der Waals surface area contributed by atoms with Crippen molar-refractivity contribution in [2.75, 3.05) is 20.6 Å². The van der Waals surface area contributed by atoms with Crippen LogP contribution in [0.4, 0.5) is 0 Å². The zero-order chi connectivity index (χ0) is 17.2. The average molecular weight is 327 g/mol. The van der Waals surface area contributed by atoms with Crippen LogP contribution in [0.1, 0.15) is 40.7 Å². The molecule has 0 radical (unpaired) electrons. The van der Waals surface area contributed by atoms with Crippen molar-refractivity contribution in [2.24, 2.45) is 5.41 Å². The quantitative estimate of drug-likeness (QED) is 0.731. The van der Waals surface area contributed by atoms with Gasteiger partial charge in [0.2, 0.25) is 0 Å². The van der Waals surface area contributed by atoms with Crippen LogP contribution < -0.4 is 5.32 Å². The molecule has 1 amide bonds. The monoisotopic (exact) mass is 327 g/mol. The summed E-state index contributed by atoms with van der Waals surface area (Å²) in [7, 11) is 3.48. The summed E-state index contributed by atoms with van der Waals surface area (Å²) in [4.78, 5) is 16.6. The highest BCUT2D eigenvalue weighted by Crippen LogP contribution is 2.54. The molecule has 128 valence electrons. The van der Waals surface area contributed by atoms with Gasteiger partial charge < -0.3 is 20.3 Å². The van der Waals surface area contributed by atoms with Gasteiger partial charge in [-0.25, -0.2) is 0 Å². The molecule has 3 N–H and O–H groups in total. The van der Waals surface area contributed by atoms with Gasteiger partial charge in [-0.1, -0.05) is 30.3 Å². The lowest BCUT2D eigenvalue weighted by atomic mass is 9.92. The van der Waals surface area contributed by atoms with Crippen molar-refractivity contribution in [3.8, 4) is 0 Å².